The number of amides is 3. The van der Waals surface area contributed by atoms with E-state index in [1.807, 2.05) is 18.2 Å². The molecule has 1 aliphatic rings. The Morgan fingerprint density at radius 3 is 2.84 bits per heavy atom. The van der Waals surface area contributed by atoms with E-state index >= 15 is 0 Å². The molecule has 0 radical (unpaired) electrons. The van der Waals surface area contributed by atoms with Crippen LogP contribution in [0.4, 0.5) is 4.79 Å². The van der Waals surface area contributed by atoms with Crippen LogP contribution in [0.2, 0.25) is 0 Å². The van der Waals surface area contributed by atoms with Crippen LogP contribution in [0.15, 0.2) is 54.4 Å². The van der Waals surface area contributed by atoms with Gasteiger partial charge in [0.2, 0.25) is 5.91 Å². The summed E-state index contributed by atoms with van der Waals surface area (Å²) in [5.41, 5.74) is 2.41. The molecule has 130 valence electrons. The van der Waals surface area contributed by atoms with Gasteiger partial charge >= 0.3 is 6.03 Å². The third-order valence-corrected chi connectivity index (χ3v) is 5.18. The summed E-state index contributed by atoms with van der Waals surface area (Å²) in [5.74, 6) is -0.304. The molecule has 3 amide bonds. The number of nitrogens with one attached hydrogen (secondary N) is 2. The second-order valence-electron chi connectivity index (χ2n) is 5.88. The maximum Gasteiger partial charge on any atom is 0.321 e. The first-order valence-electron chi connectivity index (χ1n) is 8.23. The van der Waals surface area contributed by atoms with Gasteiger partial charge in [-0.25, -0.2) is 4.79 Å². The molecule has 2 N–H and O–H groups in total. The van der Waals surface area contributed by atoms with Gasteiger partial charge in [0.1, 0.15) is 0 Å². The van der Waals surface area contributed by atoms with Crippen LogP contribution in [-0.2, 0) is 11.2 Å². The van der Waals surface area contributed by atoms with E-state index in [1.165, 1.54) is 10.4 Å². The normalized spacial score (nSPS) is 16.7. The third-order valence-electron chi connectivity index (χ3n) is 4.19. The molecule has 25 heavy (non-hydrogen) atoms. The van der Waals surface area contributed by atoms with E-state index < -0.39 is 6.03 Å². The van der Waals surface area contributed by atoms with Crippen molar-refractivity contribution < 1.29 is 9.59 Å². The molecule has 2 aromatic rings. The topological polar surface area (TPSA) is 61.4 Å². The van der Waals surface area contributed by atoms with Crippen molar-refractivity contribution in [3.05, 3.63) is 70.4 Å². The molecule has 0 spiro atoms. The van der Waals surface area contributed by atoms with Crippen molar-refractivity contribution in [1.29, 1.82) is 0 Å². The minimum atomic E-state index is -0.491. The van der Waals surface area contributed by atoms with E-state index in [0.29, 0.717) is 6.54 Å². The van der Waals surface area contributed by atoms with E-state index in [0.717, 1.165) is 18.5 Å². The van der Waals surface area contributed by atoms with Gasteiger partial charge < -0.3 is 5.32 Å². The summed E-state index contributed by atoms with van der Waals surface area (Å²) in [5, 5.41) is 7.03. The Kier molecular flexibility index (Phi) is 5.63. The number of hydrogen-bond acceptors (Lipinski definition) is 4. The zero-order valence-electron chi connectivity index (χ0n) is 13.9. The molecular formula is C19H21N3O2S. The summed E-state index contributed by atoms with van der Waals surface area (Å²) in [7, 11) is 0. The standard InChI is InChI=1S/C19H21N3O2S/c1-2-10-20-19(24)21-17(23)13-22-11-8-16-15(9-12-25-16)18(22)14-6-4-3-5-7-14/h2-7,9,12,18H,1,8,10-11,13H2,(H2,20,21,23,24). The van der Waals surface area contributed by atoms with Crippen molar-refractivity contribution in [1.82, 2.24) is 15.5 Å². The number of urea groups is 1. The van der Waals surface area contributed by atoms with E-state index in [2.05, 4.69) is 45.7 Å². The lowest BCUT2D eigenvalue weighted by atomic mass is 9.93. The first-order valence-corrected chi connectivity index (χ1v) is 9.11. The molecule has 2 heterocycles. The number of fused-ring (bicyclic) bond motifs is 1. The summed E-state index contributed by atoms with van der Waals surface area (Å²) in [6, 6.07) is 11.9. The quantitative estimate of drug-likeness (QED) is 0.811. The van der Waals surface area contributed by atoms with Crippen molar-refractivity contribution in [3.63, 3.8) is 0 Å². The zero-order chi connectivity index (χ0) is 17.6. The fraction of sp³-hybridized carbons (Fsp3) is 0.263. The monoisotopic (exact) mass is 355 g/mol. The van der Waals surface area contributed by atoms with Crippen LogP contribution in [0.25, 0.3) is 0 Å². The summed E-state index contributed by atoms with van der Waals surface area (Å²) >= 11 is 1.76. The van der Waals surface area contributed by atoms with Crippen LogP contribution in [-0.4, -0.2) is 36.5 Å². The molecule has 1 atom stereocenters. The zero-order valence-corrected chi connectivity index (χ0v) is 14.7. The first kappa shape index (κ1) is 17.4. The Bertz CT molecular complexity index is 757. The van der Waals surface area contributed by atoms with Gasteiger partial charge in [0, 0.05) is 18.0 Å². The molecule has 0 bridgehead atoms. The summed E-state index contributed by atoms with van der Waals surface area (Å²) in [6.45, 7) is 4.82. The number of imide groups is 1. The number of benzene rings is 1. The highest BCUT2D eigenvalue weighted by Gasteiger charge is 2.30. The van der Waals surface area contributed by atoms with Crippen molar-refractivity contribution in [2.75, 3.05) is 19.6 Å². The number of rotatable bonds is 5. The molecule has 0 fully saturated rings. The van der Waals surface area contributed by atoms with Crippen molar-refractivity contribution in [2.24, 2.45) is 0 Å². The Hall–Kier alpha value is -2.44. The van der Waals surface area contributed by atoms with Crippen LogP contribution in [0, 0.1) is 0 Å². The number of carbonyl (C=O) groups excluding carboxylic acids is 2. The molecule has 0 saturated carbocycles. The summed E-state index contributed by atoms with van der Waals surface area (Å²) < 4.78 is 0. The minimum absolute atomic E-state index is 0.0400. The predicted molar refractivity (Wildman–Crippen MR) is 99.6 cm³/mol. The molecule has 1 unspecified atom stereocenters. The molecule has 0 aliphatic carbocycles. The highest BCUT2D eigenvalue weighted by atomic mass is 32.1. The van der Waals surface area contributed by atoms with E-state index in [9.17, 15) is 9.59 Å². The van der Waals surface area contributed by atoms with Gasteiger partial charge in [0.25, 0.3) is 0 Å². The molecule has 1 aliphatic heterocycles. The van der Waals surface area contributed by atoms with Crippen molar-refractivity contribution >= 4 is 23.3 Å². The van der Waals surface area contributed by atoms with Crippen LogP contribution in [0.5, 0.6) is 0 Å². The molecule has 1 aromatic carbocycles. The van der Waals surface area contributed by atoms with Gasteiger partial charge in [-0.2, -0.15) is 0 Å². The Labute approximate surface area is 151 Å². The van der Waals surface area contributed by atoms with Gasteiger partial charge in [-0.05, 0) is 29.0 Å². The van der Waals surface area contributed by atoms with Gasteiger partial charge in [0.15, 0.2) is 0 Å². The Morgan fingerprint density at radius 2 is 2.08 bits per heavy atom. The average Bonchev–Trinajstić information content (AvgIpc) is 3.09. The van der Waals surface area contributed by atoms with E-state index in [1.54, 1.807) is 17.4 Å². The number of carbonyl (C=O) groups is 2. The van der Waals surface area contributed by atoms with Gasteiger partial charge in [-0.1, -0.05) is 36.4 Å². The molecule has 3 rings (SSSR count). The summed E-state index contributed by atoms with van der Waals surface area (Å²) in [6.07, 6.45) is 2.49. The lowest BCUT2D eigenvalue weighted by Crippen LogP contribution is -2.46. The van der Waals surface area contributed by atoms with Gasteiger partial charge in [0.05, 0.1) is 12.6 Å². The van der Waals surface area contributed by atoms with E-state index in [4.69, 9.17) is 0 Å². The SMILES string of the molecule is C=CCNC(=O)NC(=O)CN1CCc2sccc2C1c1ccccc1. The van der Waals surface area contributed by atoms with Crippen LogP contribution in [0.1, 0.15) is 22.0 Å². The number of nitrogens with zero attached hydrogens (tertiary/aromatic N) is 1. The molecule has 5 nitrogen and oxygen atoms in total. The fourth-order valence-electron chi connectivity index (χ4n) is 3.12. The molecule has 6 heteroatoms. The third kappa shape index (κ3) is 4.15. The Balaban J connectivity index is 1.75. The highest BCUT2D eigenvalue weighted by molar-refractivity contribution is 7.10. The second kappa shape index (κ2) is 8.09. The van der Waals surface area contributed by atoms with Crippen LogP contribution in [0.3, 0.4) is 0 Å². The lowest BCUT2D eigenvalue weighted by Gasteiger charge is -2.35. The second-order valence-corrected chi connectivity index (χ2v) is 6.88. The maximum absolute atomic E-state index is 12.3. The number of hydrogen-bond donors (Lipinski definition) is 2. The molecule has 1 aromatic heterocycles. The van der Waals surface area contributed by atoms with Crippen molar-refractivity contribution in [2.45, 2.75) is 12.5 Å². The predicted octanol–water partition coefficient (Wildman–Crippen LogP) is 2.71. The molecular weight excluding hydrogens is 334 g/mol. The Morgan fingerprint density at radius 1 is 1.28 bits per heavy atom. The average molecular weight is 355 g/mol. The maximum atomic E-state index is 12.3. The lowest BCUT2D eigenvalue weighted by molar-refractivity contribution is -0.121. The first-order chi connectivity index (χ1) is 12.2. The van der Waals surface area contributed by atoms with Gasteiger partial charge in [-0.15, -0.1) is 17.9 Å². The largest absolute Gasteiger partial charge is 0.334 e. The van der Waals surface area contributed by atoms with E-state index in [-0.39, 0.29) is 18.5 Å². The van der Waals surface area contributed by atoms with Crippen LogP contribution >= 0.6 is 11.3 Å². The van der Waals surface area contributed by atoms with Crippen molar-refractivity contribution in [3.8, 4) is 0 Å². The highest BCUT2D eigenvalue weighted by Crippen LogP contribution is 2.37. The molecule has 0 saturated heterocycles. The summed E-state index contributed by atoms with van der Waals surface area (Å²) in [4.78, 5) is 27.4. The van der Waals surface area contributed by atoms with Gasteiger partial charge in [-0.3, -0.25) is 15.0 Å². The number of thiophene rings is 1. The minimum Gasteiger partial charge on any atom is -0.334 e. The smallest absolute Gasteiger partial charge is 0.321 e. The van der Waals surface area contributed by atoms with Crippen LogP contribution < -0.4 is 10.6 Å². The fourth-order valence-corrected chi connectivity index (χ4v) is 4.03.